The van der Waals surface area contributed by atoms with Gasteiger partial charge in [0, 0.05) is 31.8 Å². The van der Waals surface area contributed by atoms with E-state index in [1.54, 1.807) is 40.3 Å². The number of aryl methyl sites for hydroxylation is 4. The number of esters is 1. The summed E-state index contributed by atoms with van der Waals surface area (Å²) in [5, 5.41) is 8.47. The number of carbonyl (C=O) groups is 1. The van der Waals surface area contributed by atoms with E-state index in [0.29, 0.717) is 40.6 Å². The van der Waals surface area contributed by atoms with Crippen molar-refractivity contribution in [3.8, 4) is 11.4 Å². The van der Waals surface area contributed by atoms with Gasteiger partial charge in [-0.15, -0.1) is 5.10 Å². The lowest BCUT2D eigenvalue weighted by Crippen LogP contribution is -2.48. The molecule has 38 heavy (non-hydrogen) atoms. The largest absolute Gasteiger partial charge is 0.469 e. The molecule has 0 N–H and O–H groups in total. The number of hydrogen-bond acceptors (Lipinski definition) is 7. The Morgan fingerprint density at radius 3 is 2.71 bits per heavy atom. The van der Waals surface area contributed by atoms with E-state index < -0.39 is 24.4 Å². The summed E-state index contributed by atoms with van der Waals surface area (Å²) in [6, 6.07) is 5.42. The third kappa shape index (κ3) is 5.92. The Hall–Kier alpha value is -3.63. The highest BCUT2D eigenvalue weighted by Gasteiger charge is 2.41. The lowest BCUT2D eigenvalue weighted by Gasteiger charge is -2.39. The molecule has 1 saturated heterocycles. The second-order valence-electron chi connectivity index (χ2n) is 10.1. The predicted molar refractivity (Wildman–Crippen MR) is 139 cm³/mol. The predicted octanol–water partition coefficient (Wildman–Crippen LogP) is 3.68. The Morgan fingerprint density at radius 2 is 2.03 bits per heavy atom. The first-order chi connectivity index (χ1) is 18.0. The third-order valence-electron chi connectivity index (χ3n) is 6.94. The zero-order chi connectivity index (χ0) is 27.6. The van der Waals surface area contributed by atoms with E-state index in [9.17, 15) is 18.4 Å². The van der Waals surface area contributed by atoms with Crippen LogP contribution in [0.5, 0.6) is 0 Å². The number of nitrogens with zero attached hydrogens (tertiary/aromatic N) is 6. The number of anilines is 1. The van der Waals surface area contributed by atoms with Crippen molar-refractivity contribution >= 4 is 11.7 Å². The summed E-state index contributed by atoms with van der Waals surface area (Å²) in [5.41, 5.74) is 4.60. The van der Waals surface area contributed by atoms with E-state index in [2.05, 4.69) is 27.0 Å². The molecular formula is C27H34F2N6O3. The summed E-state index contributed by atoms with van der Waals surface area (Å²) < 4.78 is 37.1. The molecule has 204 valence electrons. The third-order valence-corrected chi connectivity index (χ3v) is 6.94. The van der Waals surface area contributed by atoms with Crippen molar-refractivity contribution in [3.63, 3.8) is 0 Å². The minimum absolute atomic E-state index is 0.0611. The topological polar surface area (TPSA) is 95.1 Å². The number of alkyl halides is 2. The summed E-state index contributed by atoms with van der Waals surface area (Å²) in [5.74, 6) is -3.96. The number of ether oxygens (including phenoxy) is 1. The smallest absolute Gasteiger partial charge is 0.305 e. The van der Waals surface area contributed by atoms with Gasteiger partial charge in [-0.1, -0.05) is 18.6 Å². The van der Waals surface area contributed by atoms with Crippen LogP contribution in [0.2, 0.25) is 0 Å². The van der Waals surface area contributed by atoms with Gasteiger partial charge in [0.15, 0.2) is 0 Å². The molecule has 1 aliphatic rings. The molecule has 3 aromatic rings. The number of pyridine rings is 2. The van der Waals surface area contributed by atoms with Gasteiger partial charge in [0.2, 0.25) is 0 Å². The molecule has 0 amide bonds. The van der Waals surface area contributed by atoms with Crippen LogP contribution in [0.1, 0.15) is 48.7 Å². The van der Waals surface area contributed by atoms with Gasteiger partial charge in [0.05, 0.1) is 49.4 Å². The molecule has 0 bridgehead atoms. The number of hydrogen-bond donors (Lipinski definition) is 0. The number of piperidine rings is 1. The molecule has 0 spiro atoms. The molecule has 0 saturated carbocycles. The van der Waals surface area contributed by atoms with Crippen LogP contribution < -0.4 is 10.5 Å². The zero-order valence-electron chi connectivity index (χ0n) is 22.5. The second-order valence-corrected chi connectivity index (χ2v) is 10.1. The summed E-state index contributed by atoms with van der Waals surface area (Å²) in [7, 11) is 3.02. The summed E-state index contributed by atoms with van der Waals surface area (Å²) in [6.07, 6.45) is 3.30. The SMILES string of the molecule is CCCc1cc(C)c(=O)n(Cc2c(-c3ccc(N4C[C@@H](CC(=O)OC)CC(F)(F)C4)c(C)n3)nnn2C)c1. The van der Waals surface area contributed by atoms with Crippen LogP contribution in [0.15, 0.2) is 29.2 Å². The van der Waals surface area contributed by atoms with Gasteiger partial charge >= 0.3 is 5.97 Å². The number of carbonyl (C=O) groups excluding carboxylic acids is 1. The molecular weight excluding hydrogens is 494 g/mol. The Morgan fingerprint density at radius 1 is 1.26 bits per heavy atom. The van der Waals surface area contributed by atoms with E-state index in [4.69, 9.17) is 0 Å². The van der Waals surface area contributed by atoms with Crippen molar-refractivity contribution in [1.82, 2.24) is 24.5 Å². The molecule has 9 nitrogen and oxygen atoms in total. The van der Waals surface area contributed by atoms with E-state index >= 15 is 0 Å². The fourth-order valence-corrected chi connectivity index (χ4v) is 5.19. The second kappa shape index (κ2) is 11.0. The standard InChI is InChI=1S/C27H34F2N6O3/c1-6-7-19-10-17(2)26(37)34(13-19)15-23-25(31-32-33(23)4)21-8-9-22(18(3)30-21)35-14-20(11-24(36)38-5)12-27(28,29)16-35/h8-10,13,20H,6-7,11-12,14-16H2,1-5H3/t20-/m0/s1. The van der Waals surface area contributed by atoms with Crippen molar-refractivity contribution < 1.29 is 18.3 Å². The minimum atomic E-state index is -2.93. The Kier molecular flexibility index (Phi) is 7.94. The zero-order valence-corrected chi connectivity index (χ0v) is 22.5. The van der Waals surface area contributed by atoms with Crippen molar-refractivity contribution in [2.45, 2.75) is 58.9 Å². The van der Waals surface area contributed by atoms with Crippen LogP contribution in [0.25, 0.3) is 11.4 Å². The molecule has 4 rings (SSSR count). The fourth-order valence-electron chi connectivity index (χ4n) is 5.19. The van der Waals surface area contributed by atoms with Crippen LogP contribution in [-0.4, -0.2) is 56.6 Å². The maximum Gasteiger partial charge on any atom is 0.305 e. The van der Waals surface area contributed by atoms with Crippen LogP contribution in [0.3, 0.4) is 0 Å². The first-order valence-corrected chi connectivity index (χ1v) is 12.8. The summed E-state index contributed by atoms with van der Waals surface area (Å²) in [4.78, 5) is 30.9. The van der Waals surface area contributed by atoms with Gasteiger partial charge < -0.3 is 14.2 Å². The van der Waals surface area contributed by atoms with Gasteiger partial charge in [-0.25, -0.2) is 18.4 Å². The summed E-state index contributed by atoms with van der Waals surface area (Å²) in [6.45, 7) is 5.80. The van der Waals surface area contributed by atoms with E-state index in [-0.39, 0.29) is 24.9 Å². The maximum atomic E-state index is 14.6. The molecule has 4 heterocycles. The molecule has 3 aromatic heterocycles. The van der Waals surface area contributed by atoms with Gasteiger partial charge in [-0.2, -0.15) is 0 Å². The van der Waals surface area contributed by atoms with Gasteiger partial charge in [-0.3, -0.25) is 9.59 Å². The molecule has 1 aliphatic heterocycles. The average molecular weight is 529 g/mol. The van der Waals surface area contributed by atoms with E-state index in [1.807, 2.05) is 19.2 Å². The lowest BCUT2D eigenvalue weighted by molar-refractivity contribution is -0.142. The Balaban J connectivity index is 1.63. The van der Waals surface area contributed by atoms with Crippen LogP contribution in [0.4, 0.5) is 14.5 Å². The highest BCUT2D eigenvalue weighted by atomic mass is 19.3. The highest BCUT2D eigenvalue weighted by Crippen LogP contribution is 2.36. The first kappa shape index (κ1) is 27.4. The average Bonchev–Trinajstić information content (AvgIpc) is 3.21. The van der Waals surface area contributed by atoms with Crippen molar-refractivity contribution in [2.75, 3.05) is 25.1 Å². The molecule has 0 unspecified atom stereocenters. The van der Waals surface area contributed by atoms with Crippen molar-refractivity contribution in [1.29, 1.82) is 0 Å². The lowest BCUT2D eigenvalue weighted by atomic mass is 9.91. The van der Waals surface area contributed by atoms with E-state index in [0.717, 1.165) is 18.4 Å². The maximum absolute atomic E-state index is 14.6. The Labute approximate surface area is 220 Å². The fraction of sp³-hybridized carbons (Fsp3) is 0.519. The number of methoxy groups -OCH3 is 1. The van der Waals surface area contributed by atoms with Gasteiger partial charge in [0.1, 0.15) is 5.69 Å². The molecule has 0 radical (unpaired) electrons. The summed E-state index contributed by atoms with van der Waals surface area (Å²) >= 11 is 0. The molecule has 1 fully saturated rings. The molecule has 0 aliphatic carbocycles. The normalized spacial score (nSPS) is 17.0. The van der Waals surface area contributed by atoms with Crippen molar-refractivity contribution in [2.24, 2.45) is 13.0 Å². The number of aromatic nitrogens is 5. The van der Waals surface area contributed by atoms with E-state index in [1.165, 1.54) is 7.11 Å². The minimum Gasteiger partial charge on any atom is -0.469 e. The van der Waals surface area contributed by atoms with Crippen LogP contribution in [-0.2, 0) is 29.5 Å². The van der Waals surface area contributed by atoms with Crippen LogP contribution in [0, 0.1) is 19.8 Å². The molecule has 11 heteroatoms. The van der Waals surface area contributed by atoms with Gasteiger partial charge in [-0.05, 0) is 49.9 Å². The first-order valence-electron chi connectivity index (χ1n) is 12.8. The number of halogens is 2. The molecule has 0 aromatic carbocycles. The van der Waals surface area contributed by atoms with Crippen molar-refractivity contribution in [3.05, 3.63) is 57.3 Å². The highest BCUT2D eigenvalue weighted by molar-refractivity contribution is 5.69. The Bertz CT molecular complexity index is 1380. The quantitative estimate of drug-likeness (QED) is 0.412. The van der Waals surface area contributed by atoms with Gasteiger partial charge in [0.25, 0.3) is 11.5 Å². The molecule has 1 atom stereocenters. The monoisotopic (exact) mass is 528 g/mol. The number of rotatable bonds is 8. The van der Waals surface area contributed by atoms with Crippen LogP contribution >= 0.6 is 0 Å².